The summed E-state index contributed by atoms with van der Waals surface area (Å²) < 4.78 is 0. The molecule has 12 rings (SSSR count). The van der Waals surface area contributed by atoms with Crippen LogP contribution in [0.25, 0.3) is 66.4 Å². The summed E-state index contributed by atoms with van der Waals surface area (Å²) in [5.74, 6) is 0. The summed E-state index contributed by atoms with van der Waals surface area (Å²) in [7, 11) is 0. The van der Waals surface area contributed by atoms with Gasteiger partial charge in [0.05, 0.1) is 5.41 Å². The van der Waals surface area contributed by atoms with Crippen molar-refractivity contribution >= 4 is 27.8 Å². The molecule has 0 fully saturated rings. The third-order valence-corrected chi connectivity index (χ3v) is 13.6. The molecule has 11 aromatic rings. The van der Waals surface area contributed by atoms with Gasteiger partial charge in [0.15, 0.2) is 0 Å². The van der Waals surface area contributed by atoms with Crippen molar-refractivity contribution in [2.24, 2.45) is 0 Å². The van der Waals surface area contributed by atoms with E-state index in [2.05, 4.69) is 278 Å². The Kier molecular flexibility index (Phi) is 9.81. The van der Waals surface area contributed by atoms with Crippen LogP contribution >= 0.6 is 0 Å². The summed E-state index contributed by atoms with van der Waals surface area (Å²) in [5, 5.41) is 2.49. The lowest BCUT2D eigenvalue weighted by molar-refractivity contribution is 0.768. The molecule has 11 aromatic carbocycles. The quantitative estimate of drug-likeness (QED) is 0.140. The number of hydrogen-bond donors (Lipinski definition) is 0. The van der Waals surface area contributed by atoms with Crippen molar-refractivity contribution in [2.45, 2.75) is 5.41 Å². The molecule has 1 heteroatoms. The van der Waals surface area contributed by atoms with Crippen molar-refractivity contribution in [1.82, 2.24) is 0 Å². The molecule has 0 spiro atoms. The smallest absolute Gasteiger partial charge is 0.0713 e. The highest BCUT2D eigenvalue weighted by Crippen LogP contribution is 2.58. The first-order chi connectivity index (χ1) is 32.7. The Balaban J connectivity index is 0.943. The van der Waals surface area contributed by atoms with Crippen LogP contribution in [0, 0.1) is 0 Å². The Morgan fingerprint density at radius 1 is 0.242 bits per heavy atom. The van der Waals surface area contributed by atoms with E-state index >= 15 is 0 Å². The Morgan fingerprint density at radius 2 is 0.636 bits per heavy atom. The van der Waals surface area contributed by atoms with Gasteiger partial charge < -0.3 is 4.90 Å². The van der Waals surface area contributed by atoms with Gasteiger partial charge in [-0.2, -0.15) is 0 Å². The van der Waals surface area contributed by atoms with Gasteiger partial charge in [-0.25, -0.2) is 0 Å². The van der Waals surface area contributed by atoms with Crippen LogP contribution in [0.2, 0.25) is 0 Å². The summed E-state index contributed by atoms with van der Waals surface area (Å²) in [5.41, 5.74) is 20.2. The minimum Gasteiger partial charge on any atom is -0.311 e. The van der Waals surface area contributed by atoms with Crippen molar-refractivity contribution in [3.05, 3.63) is 295 Å². The molecule has 0 aromatic heterocycles. The number of benzene rings is 11. The van der Waals surface area contributed by atoms with Crippen molar-refractivity contribution < 1.29 is 0 Å². The third-order valence-electron chi connectivity index (χ3n) is 13.6. The number of rotatable bonds is 9. The van der Waals surface area contributed by atoms with Gasteiger partial charge >= 0.3 is 0 Å². The number of fused-ring (bicyclic) bond motifs is 4. The first-order valence-electron chi connectivity index (χ1n) is 22.8. The summed E-state index contributed by atoms with van der Waals surface area (Å²) in [6.45, 7) is 0. The van der Waals surface area contributed by atoms with Gasteiger partial charge in [0.2, 0.25) is 0 Å². The fourth-order valence-electron chi connectivity index (χ4n) is 10.4. The number of nitrogens with zero attached hydrogens (tertiary/aromatic N) is 1. The highest BCUT2D eigenvalue weighted by atomic mass is 15.1. The maximum absolute atomic E-state index is 2.37. The molecule has 0 N–H and O–H groups in total. The van der Waals surface area contributed by atoms with Crippen LogP contribution in [-0.2, 0) is 5.41 Å². The molecular weight excluding hydrogens is 795 g/mol. The maximum Gasteiger partial charge on any atom is 0.0713 e. The lowest BCUT2D eigenvalue weighted by atomic mass is 9.67. The molecule has 0 heterocycles. The van der Waals surface area contributed by atoms with Gasteiger partial charge in [0, 0.05) is 17.1 Å². The zero-order chi connectivity index (χ0) is 43.9. The number of hydrogen-bond acceptors (Lipinski definition) is 1. The Morgan fingerprint density at radius 3 is 1.21 bits per heavy atom. The van der Waals surface area contributed by atoms with E-state index in [9.17, 15) is 0 Å². The van der Waals surface area contributed by atoms with E-state index in [0.717, 1.165) is 17.1 Å². The predicted molar refractivity (Wildman–Crippen MR) is 278 cm³/mol. The van der Waals surface area contributed by atoms with Crippen LogP contribution in [0.5, 0.6) is 0 Å². The zero-order valence-electron chi connectivity index (χ0n) is 36.4. The van der Waals surface area contributed by atoms with E-state index in [1.165, 1.54) is 88.7 Å². The Bertz CT molecular complexity index is 3430. The summed E-state index contributed by atoms with van der Waals surface area (Å²) in [6.07, 6.45) is 0. The second-order valence-electron chi connectivity index (χ2n) is 17.2. The average molecular weight is 840 g/mol. The van der Waals surface area contributed by atoms with E-state index in [4.69, 9.17) is 0 Å². The molecule has 0 saturated heterocycles. The molecule has 1 nitrogen and oxygen atoms in total. The van der Waals surface area contributed by atoms with Gasteiger partial charge in [-0.05, 0) is 131 Å². The molecule has 0 aliphatic heterocycles. The topological polar surface area (TPSA) is 3.24 Å². The van der Waals surface area contributed by atoms with Crippen molar-refractivity contribution in [1.29, 1.82) is 0 Å². The van der Waals surface area contributed by atoms with Crippen LogP contribution < -0.4 is 4.90 Å². The molecular formula is C65H45N. The minimum atomic E-state index is -0.448. The van der Waals surface area contributed by atoms with Gasteiger partial charge in [-0.3, -0.25) is 0 Å². The van der Waals surface area contributed by atoms with Crippen LogP contribution in [0.1, 0.15) is 22.3 Å². The molecule has 66 heavy (non-hydrogen) atoms. The van der Waals surface area contributed by atoms with Crippen LogP contribution in [0.15, 0.2) is 273 Å². The molecule has 0 amide bonds. The fourth-order valence-corrected chi connectivity index (χ4v) is 10.4. The normalized spacial score (nSPS) is 12.4. The summed E-state index contributed by atoms with van der Waals surface area (Å²) in [4.78, 5) is 2.37. The maximum atomic E-state index is 2.37. The van der Waals surface area contributed by atoms with Gasteiger partial charge in [-0.15, -0.1) is 0 Å². The monoisotopic (exact) mass is 839 g/mol. The Labute approximate surface area is 387 Å². The predicted octanol–water partition coefficient (Wildman–Crippen LogP) is 17.3. The molecule has 310 valence electrons. The van der Waals surface area contributed by atoms with Crippen molar-refractivity contribution in [3.63, 3.8) is 0 Å². The zero-order valence-corrected chi connectivity index (χ0v) is 36.4. The highest BCUT2D eigenvalue weighted by Gasteiger charge is 2.46. The van der Waals surface area contributed by atoms with E-state index in [0.29, 0.717) is 0 Å². The van der Waals surface area contributed by atoms with Crippen molar-refractivity contribution in [3.8, 4) is 55.6 Å². The number of anilines is 3. The first-order valence-corrected chi connectivity index (χ1v) is 22.8. The minimum absolute atomic E-state index is 0.448. The van der Waals surface area contributed by atoms with Crippen LogP contribution in [0.3, 0.4) is 0 Å². The molecule has 0 radical (unpaired) electrons. The molecule has 1 aliphatic rings. The Hall–Kier alpha value is -8.52. The summed E-state index contributed by atoms with van der Waals surface area (Å²) in [6, 6.07) is 99.9. The van der Waals surface area contributed by atoms with E-state index < -0.39 is 5.41 Å². The molecule has 0 atom stereocenters. The van der Waals surface area contributed by atoms with Crippen molar-refractivity contribution in [2.75, 3.05) is 4.90 Å². The molecule has 0 unspecified atom stereocenters. The molecule has 0 bridgehead atoms. The second kappa shape index (κ2) is 16.6. The van der Waals surface area contributed by atoms with Gasteiger partial charge in [0.1, 0.15) is 0 Å². The standard InChI is InChI=1S/C65H45N/c1-4-15-46(16-5-1)48-27-29-49(30-28-48)50-33-39-57(40-34-50)66(58-41-35-51(36-42-58)54-32-31-47-17-10-11-18-53(47)45-54)59-43-37-52(38-44-59)60-24-14-26-63-64(60)61-23-12-13-25-62(61)65(63,55-19-6-2-7-20-55)56-21-8-3-9-22-56/h1-45H. The van der Waals surface area contributed by atoms with Gasteiger partial charge in [0.25, 0.3) is 0 Å². The first kappa shape index (κ1) is 39.1. The van der Waals surface area contributed by atoms with E-state index in [1.54, 1.807) is 0 Å². The molecule has 0 saturated carbocycles. The van der Waals surface area contributed by atoms with E-state index in [1.807, 2.05) is 0 Å². The van der Waals surface area contributed by atoms with E-state index in [-0.39, 0.29) is 0 Å². The SMILES string of the molecule is c1ccc(-c2ccc(-c3ccc(N(c4ccc(-c5ccc6ccccc6c5)cc4)c4ccc(-c5cccc6c5-c5ccccc5C6(c5ccccc5)c5ccccc5)cc4)cc3)cc2)cc1. The highest BCUT2D eigenvalue weighted by molar-refractivity contribution is 5.96. The largest absolute Gasteiger partial charge is 0.311 e. The lowest BCUT2D eigenvalue weighted by Gasteiger charge is -2.34. The lowest BCUT2D eigenvalue weighted by Crippen LogP contribution is -2.28. The summed E-state index contributed by atoms with van der Waals surface area (Å²) >= 11 is 0. The third kappa shape index (κ3) is 6.73. The van der Waals surface area contributed by atoms with Crippen LogP contribution in [0.4, 0.5) is 17.1 Å². The molecule has 1 aliphatic carbocycles. The fraction of sp³-hybridized carbons (Fsp3) is 0.0154. The van der Waals surface area contributed by atoms with Crippen LogP contribution in [-0.4, -0.2) is 0 Å². The second-order valence-corrected chi connectivity index (χ2v) is 17.2. The average Bonchev–Trinajstić information content (AvgIpc) is 3.71. The van der Waals surface area contributed by atoms with Gasteiger partial charge in [-0.1, -0.05) is 231 Å².